The standard InChI is InChI=1S/C14H19F/c1-5-7-12(6-2)13-8-11(4)14(15)9-10(13)3/h6,8-9H,5,7H2,1-4H3/b12-6-. The molecule has 0 saturated heterocycles. The largest absolute Gasteiger partial charge is 0.207 e. The van der Waals surface area contributed by atoms with E-state index < -0.39 is 0 Å². The van der Waals surface area contributed by atoms with Crippen molar-refractivity contribution in [1.82, 2.24) is 0 Å². The minimum absolute atomic E-state index is 0.108. The van der Waals surface area contributed by atoms with E-state index in [-0.39, 0.29) is 5.82 Å². The van der Waals surface area contributed by atoms with Crippen LogP contribution in [0.5, 0.6) is 0 Å². The SMILES string of the molecule is C/C=C(/CCC)c1cc(C)c(F)cc1C. The Bertz CT molecular complexity index is 375. The first-order chi connectivity index (χ1) is 7.10. The van der Waals surface area contributed by atoms with Gasteiger partial charge in [-0.15, -0.1) is 0 Å². The molecule has 0 amide bonds. The Balaban J connectivity index is 3.19. The smallest absolute Gasteiger partial charge is 0.126 e. The van der Waals surface area contributed by atoms with Gasteiger partial charge in [0.2, 0.25) is 0 Å². The Kier molecular flexibility index (Phi) is 4.07. The Morgan fingerprint density at radius 3 is 2.47 bits per heavy atom. The van der Waals surface area contributed by atoms with Gasteiger partial charge in [-0.3, -0.25) is 0 Å². The average Bonchev–Trinajstić information content (AvgIpc) is 2.20. The van der Waals surface area contributed by atoms with Gasteiger partial charge in [0.1, 0.15) is 5.82 Å². The lowest BCUT2D eigenvalue weighted by Gasteiger charge is -2.11. The van der Waals surface area contributed by atoms with Crippen LogP contribution in [0.15, 0.2) is 18.2 Å². The second-order valence-corrected chi connectivity index (χ2v) is 3.98. The van der Waals surface area contributed by atoms with E-state index in [1.807, 2.05) is 26.8 Å². The molecular formula is C14H19F. The minimum Gasteiger partial charge on any atom is -0.207 e. The summed E-state index contributed by atoms with van der Waals surface area (Å²) >= 11 is 0. The van der Waals surface area contributed by atoms with Gasteiger partial charge in [-0.1, -0.05) is 19.4 Å². The molecule has 0 bridgehead atoms. The molecule has 0 spiro atoms. The lowest BCUT2D eigenvalue weighted by molar-refractivity contribution is 0.617. The van der Waals surface area contributed by atoms with Gasteiger partial charge >= 0.3 is 0 Å². The first-order valence-corrected chi connectivity index (χ1v) is 5.52. The molecule has 82 valence electrons. The quantitative estimate of drug-likeness (QED) is 0.675. The zero-order valence-corrected chi connectivity index (χ0v) is 10.0. The van der Waals surface area contributed by atoms with Crippen molar-refractivity contribution in [2.45, 2.75) is 40.5 Å². The lowest BCUT2D eigenvalue weighted by atomic mass is 9.95. The zero-order valence-electron chi connectivity index (χ0n) is 10.0. The normalized spacial score (nSPS) is 11.9. The molecule has 0 aliphatic rings. The molecule has 0 N–H and O–H groups in total. The van der Waals surface area contributed by atoms with Crippen LogP contribution in [0, 0.1) is 19.7 Å². The third-order valence-electron chi connectivity index (χ3n) is 2.72. The van der Waals surface area contributed by atoms with Crippen molar-refractivity contribution >= 4 is 5.57 Å². The van der Waals surface area contributed by atoms with Crippen molar-refractivity contribution < 1.29 is 4.39 Å². The predicted octanol–water partition coefficient (Wildman–Crippen LogP) is 4.65. The molecule has 0 unspecified atom stereocenters. The second kappa shape index (κ2) is 5.11. The maximum absolute atomic E-state index is 13.3. The van der Waals surface area contributed by atoms with Crippen molar-refractivity contribution in [3.63, 3.8) is 0 Å². The molecule has 0 atom stereocenters. The molecular weight excluding hydrogens is 187 g/mol. The number of allylic oxidation sites excluding steroid dienone is 2. The van der Waals surface area contributed by atoms with E-state index in [4.69, 9.17) is 0 Å². The van der Waals surface area contributed by atoms with Crippen LogP contribution in [0.2, 0.25) is 0 Å². The number of aryl methyl sites for hydroxylation is 2. The van der Waals surface area contributed by atoms with Crippen molar-refractivity contribution in [3.8, 4) is 0 Å². The van der Waals surface area contributed by atoms with Crippen LogP contribution >= 0.6 is 0 Å². The van der Waals surface area contributed by atoms with E-state index in [1.54, 1.807) is 6.07 Å². The Morgan fingerprint density at radius 2 is 1.93 bits per heavy atom. The van der Waals surface area contributed by atoms with Crippen molar-refractivity contribution in [1.29, 1.82) is 0 Å². The number of benzene rings is 1. The predicted molar refractivity (Wildman–Crippen MR) is 64.4 cm³/mol. The molecule has 0 saturated carbocycles. The summed E-state index contributed by atoms with van der Waals surface area (Å²) in [6.45, 7) is 7.99. The van der Waals surface area contributed by atoms with Gasteiger partial charge in [-0.2, -0.15) is 0 Å². The molecule has 1 aromatic carbocycles. The zero-order chi connectivity index (χ0) is 11.4. The van der Waals surface area contributed by atoms with Gasteiger partial charge < -0.3 is 0 Å². The summed E-state index contributed by atoms with van der Waals surface area (Å²) in [4.78, 5) is 0. The summed E-state index contributed by atoms with van der Waals surface area (Å²) in [5.74, 6) is -0.108. The summed E-state index contributed by atoms with van der Waals surface area (Å²) in [5, 5.41) is 0. The highest BCUT2D eigenvalue weighted by Crippen LogP contribution is 2.25. The molecule has 1 rings (SSSR count). The summed E-state index contributed by atoms with van der Waals surface area (Å²) in [5.41, 5.74) is 4.27. The van der Waals surface area contributed by atoms with Crippen LogP contribution in [-0.4, -0.2) is 0 Å². The van der Waals surface area contributed by atoms with Crippen LogP contribution in [-0.2, 0) is 0 Å². The minimum atomic E-state index is -0.108. The van der Waals surface area contributed by atoms with E-state index in [2.05, 4.69) is 13.0 Å². The Labute approximate surface area is 91.8 Å². The Morgan fingerprint density at radius 1 is 1.27 bits per heavy atom. The van der Waals surface area contributed by atoms with Crippen molar-refractivity contribution in [2.75, 3.05) is 0 Å². The van der Waals surface area contributed by atoms with Gasteiger partial charge in [0.15, 0.2) is 0 Å². The summed E-state index contributed by atoms with van der Waals surface area (Å²) < 4.78 is 13.3. The maximum atomic E-state index is 13.3. The van der Waals surface area contributed by atoms with Crippen LogP contribution < -0.4 is 0 Å². The number of hydrogen-bond donors (Lipinski definition) is 0. The fourth-order valence-corrected chi connectivity index (χ4v) is 1.83. The highest BCUT2D eigenvalue weighted by Gasteiger charge is 2.07. The van der Waals surface area contributed by atoms with E-state index in [0.717, 1.165) is 24.0 Å². The first kappa shape index (κ1) is 12.0. The molecule has 0 aliphatic heterocycles. The molecule has 0 nitrogen and oxygen atoms in total. The van der Waals surface area contributed by atoms with E-state index in [9.17, 15) is 4.39 Å². The number of hydrogen-bond acceptors (Lipinski definition) is 0. The Hall–Kier alpha value is -1.11. The molecule has 0 aromatic heterocycles. The molecule has 0 fully saturated rings. The molecule has 1 heteroatoms. The van der Waals surface area contributed by atoms with Crippen molar-refractivity contribution in [2.24, 2.45) is 0 Å². The number of rotatable bonds is 3. The molecule has 0 heterocycles. The van der Waals surface area contributed by atoms with Crippen LogP contribution in [0.4, 0.5) is 4.39 Å². The molecule has 0 radical (unpaired) electrons. The van der Waals surface area contributed by atoms with Crippen LogP contribution in [0.3, 0.4) is 0 Å². The van der Waals surface area contributed by atoms with Crippen LogP contribution in [0.1, 0.15) is 43.4 Å². The molecule has 15 heavy (non-hydrogen) atoms. The maximum Gasteiger partial charge on any atom is 0.126 e. The summed E-state index contributed by atoms with van der Waals surface area (Å²) in [6.07, 6.45) is 4.31. The third kappa shape index (κ3) is 2.68. The van der Waals surface area contributed by atoms with Gasteiger partial charge in [-0.05, 0) is 61.6 Å². The van der Waals surface area contributed by atoms with E-state index in [0.29, 0.717) is 0 Å². The average molecular weight is 206 g/mol. The van der Waals surface area contributed by atoms with E-state index in [1.165, 1.54) is 11.1 Å². The highest BCUT2D eigenvalue weighted by molar-refractivity contribution is 5.68. The van der Waals surface area contributed by atoms with Gasteiger partial charge in [0.25, 0.3) is 0 Å². The summed E-state index contributed by atoms with van der Waals surface area (Å²) in [7, 11) is 0. The van der Waals surface area contributed by atoms with Crippen LogP contribution in [0.25, 0.3) is 5.57 Å². The van der Waals surface area contributed by atoms with Crippen molar-refractivity contribution in [3.05, 3.63) is 40.7 Å². The molecule has 0 aliphatic carbocycles. The van der Waals surface area contributed by atoms with Gasteiger partial charge in [-0.25, -0.2) is 4.39 Å². The monoisotopic (exact) mass is 206 g/mol. The second-order valence-electron chi connectivity index (χ2n) is 3.98. The highest BCUT2D eigenvalue weighted by atomic mass is 19.1. The fraction of sp³-hybridized carbons (Fsp3) is 0.429. The third-order valence-corrected chi connectivity index (χ3v) is 2.72. The lowest BCUT2D eigenvalue weighted by Crippen LogP contribution is -1.93. The first-order valence-electron chi connectivity index (χ1n) is 5.52. The van der Waals surface area contributed by atoms with Gasteiger partial charge in [0.05, 0.1) is 0 Å². The molecule has 1 aromatic rings. The topological polar surface area (TPSA) is 0 Å². The fourth-order valence-electron chi connectivity index (χ4n) is 1.83. The summed E-state index contributed by atoms with van der Waals surface area (Å²) in [6, 6.07) is 3.58. The number of halogens is 1. The van der Waals surface area contributed by atoms with E-state index >= 15 is 0 Å². The van der Waals surface area contributed by atoms with Gasteiger partial charge in [0, 0.05) is 0 Å².